The molecule has 1 saturated carbocycles. The van der Waals surface area contributed by atoms with Crippen molar-refractivity contribution in [2.24, 2.45) is 5.41 Å². The molecule has 0 bridgehead atoms. The SMILES string of the molecule is COC1CCN(C(=O)N2CC3(CC3)[C@H](NS(C)(=O)=O)[C@@H]2Cc2cccc(-c3ccccc3)c2F)C1. The largest absolute Gasteiger partial charge is 0.380 e. The molecule has 35 heavy (non-hydrogen) atoms. The van der Waals surface area contributed by atoms with Gasteiger partial charge >= 0.3 is 6.03 Å². The molecular weight excluding hydrogens is 469 g/mol. The number of nitrogens with one attached hydrogen (secondary N) is 1. The summed E-state index contributed by atoms with van der Waals surface area (Å²) in [6, 6.07) is 13.6. The van der Waals surface area contributed by atoms with Crippen molar-refractivity contribution in [2.45, 2.75) is 43.9 Å². The Morgan fingerprint density at radius 3 is 2.54 bits per heavy atom. The summed E-state index contributed by atoms with van der Waals surface area (Å²) < 4.78 is 48.6. The van der Waals surface area contributed by atoms with E-state index in [2.05, 4.69) is 4.72 Å². The van der Waals surface area contributed by atoms with Crippen LogP contribution >= 0.6 is 0 Å². The molecule has 2 amide bonds. The molecule has 1 spiro atoms. The van der Waals surface area contributed by atoms with E-state index < -0.39 is 22.1 Å². The zero-order chi connectivity index (χ0) is 24.8. The van der Waals surface area contributed by atoms with Gasteiger partial charge in [0.2, 0.25) is 10.0 Å². The molecule has 2 saturated heterocycles. The molecule has 3 fully saturated rings. The van der Waals surface area contributed by atoms with Crippen LogP contribution in [0.3, 0.4) is 0 Å². The predicted molar refractivity (Wildman–Crippen MR) is 132 cm³/mol. The molecule has 2 aromatic carbocycles. The van der Waals surface area contributed by atoms with E-state index in [1.165, 1.54) is 0 Å². The van der Waals surface area contributed by atoms with E-state index in [-0.39, 0.29) is 29.8 Å². The van der Waals surface area contributed by atoms with Crippen LogP contribution < -0.4 is 4.72 Å². The number of halogens is 1. The summed E-state index contributed by atoms with van der Waals surface area (Å²) >= 11 is 0. The molecule has 0 aromatic heterocycles. The van der Waals surface area contributed by atoms with Gasteiger partial charge in [0, 0.05) is 43.8 Å². The highest BCUT2D eigenvalue weighted by atomic mass is 32.2. The topological polar surface area (TPSA) is 79.0 Å². The summed E-state index contributed by atoms with van der Waals surface area (Å²) in [6.07, 6.45) is 3.82. The minimum absolute atomic E-state index is 0.000159. The number of rotatable bonds is 6. The Morgan fingerprint density at radius 2 is 1.91 bits per heavy atom. The standard InChI is InChI=1S/C26H32FN3O4S/c1-34-20-11-14-29(16-20)25(31)30-17-26(12-13-26)24(28-35(2,32)33)22(30)15-19-9-6-10-21(23(19)27)18-7-4-3-5-8-18/h3-10,20,22,24,28H,11-17H2,1-2H3/t20?,22-,24+/m0/s1. The third-order valence-corrected chi connectivity index (χ3v) is 8.43. The number of carbonyl (C=O) groups excluding carboxylic acids is 1. The van der Waals surface area contributed by atoms with Gasteiger partial charge in [-0.2, -0.15) is 0 Å². The molecule has 1 aliphatic carbocycles. The van der Waals surface area contributed by atoms with Gasteiger partial charge in [0.05, 0.1) is 18.4 Å². The van der Waals surface area contributed by atoms with Gasteiger partial charge in [-0.1, -0.05) is 48.5 Å². The molecule has 2 aromatic rings. The van der Waals surface area contributed by atoms with Crippen LogP contribution in [0.25, 0.3) is 11.1 Å². The molecule has 1 N–H and O–H groups in total. The van der Waals surface area contributed by atoms with Gasteiger partial charge in [-0.25, -0.2) is 22.3 Å². The lowest BCUT2D eigenvalue weighted by Gasteiger charge is -2.32. The van der Waals surface area contributed by atoms with E-state index in [9.17, 15) is 13.2 Å². The number of benzene rings is 2. The second-order valence-corrected chi connectivity index (χ2v) is 11.9. The fourth-order valence-corrected chi connectivity index (χ4v) is 6.59. The monoisotopic (exact) mass is 501 g/mol. The first kappa shape index (κ1) is 24.2. The first-order valence-corrected chi connectivity index (χ1v) is 14.0. The van der Waals surface area contributed by atoms with Gasteiger partial charge in [0.1, 0.15) is 5.82 Å². The maximum atomic E-state index is 15.7. The fourth-order valence-electron chi connectivity index (χ4n) is 5.72. The molecule has 1 unspecified atom stereocenters. The highest BCUT2D eigenvalue weighted by Gasteiger charge is 2.61. The van der Waals surface area contributed by atoms with Crippen LogP contribution in [0.15, 0.2) is 48.5 Å². The summed E-state index contributed by atoms with van der Waals surface area (Å²) in [4.78, 5) is 17.2. The van der Waals surface area contributed by atoms with Gasteiger partial charge in [0.15, 0.2) is 0 Å². The normalized spacial score (nSPS) is 25.4. The second-order valence-electron chi connectivity index (χ2n) is 10.1. The van der Waals surface area contributed by atoms with E-state index in [0.29, 0.717) is 30.8 Å². The number of urea groups is 1. The molecule has 7 nitrogen and oxygen atoms in total. The van der Waals surface area contributed by atoms with Crippen LogP contribution in [0.1, 0.15) is 24.8 Å². The molecule has 2 heterocycles. The van der Waals surface area contributed by atoms with Gasteiger partial charge in [-0.3, -0.25) is 0 Å². The van der Waals surface area contributed by atoms with E-state index in [4.69, 9.17) is 4.74 Å². The van der Waals surface area contributed by atoms with Crippen molar-refractivity contribution in [1.82, 2.24) is 14.5 Å². The second kappa shape index (κ2) is 9.19. The molecule has 3 aliphatic rings. The summed E-state index contributed by atoms with van der Waals surface area (Å²) in [5, 5.41) is 0. The van der Waals surface area contributed by atoms with E-state index in [1.807, 2.05) is 36.4 Å². The molecule has 0 radical (unpaired) electrons. The third kappa shape index (κ3) is 4.81. The van der Waals surface area contributed by atoms with Crippen molar-refractivity contribution in [3.8, 4) is 11.1 Å². The van der Waals surface area contributed by atoms with Crippen molar-refractivity contribution in [3.63, 3.8) is 0 Å². The van der Waals surface area contributed by atoms with Gasteiger partial charge in [-0.15, -0.1) is 0 Å². The number of ether oxygens (including phenoxy) is 1. The fraction of sp³-hybridized carbons (Fsp3) is 0.500. The Bertz CT molecular complexity index is 1200. The summed E-state index contributed by atoms with van der Waals surface area (Å²) in [7, 11) is -1.88. The van der Waals surface area contributed by atoms with Gasteiger partial charge in [-0.05, 0) is 36.8 Å². The number of hydrogen-bond donors (Lipinski definition) is 1. The molecule has 3 atom stereocenters. The Hall–Kier alpha value is -2.49. The van der Waals surface area contributed by atoms with Crippen LogP contribution in [0.2, 0.25) is 0 Å². The maximum absolute atomic E-state index is 15.7. The number of hydrogen-bond acceptors (Lipinski definition) is 4. The molecule has 9 heteroatoms. The van der Waals surface area contributed by atoms with E-state index in [0.717, 1.165) is 31.1 Å². The van der Waals surface area contributed by atoms with E-state index in [1.54, 1.807) is 29.0 Å². The number of sulfonamides is 1. The first-order chi connectivity index (χ1) is 16.7. The minimum atomic E-state index is -3.52. The summed E-state index contributed by atoms with van der Waals surface area (Å²) in [5.74, 6) is -0.332. The van der Waals surface area contributed by atoms with Crippen LogP contribution in [-0.4, -0.2) is 75.4 Å². The number of likely N-dealkylation sites (tertiary alicyclic amines) is 2. The average molecular weight is 502 g/mol. The number of carbonyl (C=O) groups is 1. The highest BCUT2D eigenvalue weighted by molar-refractivity contribution is 7.88. The average Bonchev–Trinajstić information content (AvgIpc) is 3.35. The number of amides is 2. The van der Waals surface area contributed by atoms with Crippen molar-refractivity contribution >= 4 is 16.1 Å². The predicted octanol–water partition coefficient (Wildman–Crippen LogP) is 3.26. The number of methoxy groups -OCH3 is 1. The maximum Gasteiger partial charge on any atom is 0.320 e. The Kier molecular flexibility index (Phi) is 6.35. The van der Waals surface area contributed by atoms with Crippen molar-refractivity contribution in [2.75, 3.05) is 33.0 Å². The van der Waals surface area contributed by atoms with Crippen LogP contribution in [0, 0.1) is 11.2 Å². The van der Waals surface area contributed by atoms with Crippen LogP contribution in [0.5, 0.6) is 0 Å². The Labute approximate surface area is 206 Å². The minimum Gasteiger partial charge on any atom is -0.380 e. The zero-order valence-electron chi connectivity index (χ0n) is 20.1. The van der Waals surface area contributed by atoms with Crippen molar-refractivity contribution in [1.29, 1.82) is 0 Å². The molecule has 188 valence electrons. The Morgan fingerprint density at radius 1 is 1.17 bits per heavy atom. The molecular formula is C26H32FN3O4S. The highest BCUT2D eigenvalue weighted by Crippen LogP contribution is 2.55. The van der Waals surface area contributed by atoms with Crippen LogP contribution in [-0.2, 0) is 21.2 Å². The van der Waals surface area contributed by atoms with Gasteiger partial charge < -0.3 is 14.5 Å². The summed E-state index contributed by atoms with van der Waals surface area (Å²) in [5.41, 5.74) is 1.45. The lowest BCUT2D eigenvalue weighted by atomic mass is 9.91. The lowest BCUT2D eigenvalue weighted by Crippen LogP contribution is -2.52. The van der Waals surface area contributed by atoms with Crippen molar-refractivity contribution < 1.29 is 22.3 Å². The number of nitrogens with zero attached hydrogens (tertiary/aromatic N) is 2. The van der Waals surface area contributed by atoms with Crippen molar-refractivity contribution in [3.05, 3.63) is 59.9 Å². The smallest absolute Gasteiger partial charge is 0.320 e. The molecule has 2 aliphatic heterocycles. The van der Waals surface area contributed by atoms with Gasteiger partial charge in [0.25, 0.3) is 0 Å². The third-order valence-electron chi connectivity index (χ3n) is 7.75. The molecule has 5 rings (SSSR count). The van der Waals surface area contributed by atoms with Crippen LogP contribution in [0.4, 0.5) is 9.18 Å². The quantitative estimate of drug-likeness (QED) is 0.659. The lowest BCUT2D eigenvalue weighted by molar-refractivity contribution is 0.104. The van der Waals surface area contributed by atoms with E-state index >= 15 is 4.39 Å². The zero-order valence-corrected chi connectivity index (χ0v) is 20.9. The Balaban J connectivity index is 1.48. The first-order valence-electron chi connectivity index (χ1n) is 12.1. The summed E-state index contributed by atoms with van der Waals surface area (Å²) in [6.45, 7) is 1.57.